The van der Waals surface area contributed by atoms with Crippen molar-refractivity contribution in [2.24, 2.45) is 11.8 Å². The number of hydrogen-bond donors (Lipinski definition) is 0. The number of rotatable bonds is 3. The highest BCUT2D eigenvalue weighted by Gasteiger charge is 2.30. The van der Waals surface area contributed by atoms with Gasteiger partial charge in [0.25, 0.3) is 0 Å². The van der Waals surface area contributed by atoms with Gasteiger partial charge in [-0.1, -0.05) is 13.0 Å². The fourth-order valence-corrected chi connectivity index (χ4v) is 2.97. The highest BCUT2D eigenvalue weighted by Crippen LogP contribution is 2.32. The van der Waals surface area contributed by atoms with Gasteiger partial charge in [0.15, 0.2) is 0 Å². The maximum absolute atomic E-state index is 11.3. The second-order valence-electron chi connectivity index (χ2n) is 4.17. The van der Waals surface area contributed by atoms with Gasteiger partial charge < -0.3 is 0 Å². The first-order chi connectivity index (χ1) is 6.77. The van der Waals surface area contributed by atoms with Gasteiger partial charge in [-0.25, -0.2) is 0 Å². The van der Waals surface area contributed by atoms with Crippen LogP contribution in [0.5, 0.6) is 0 Å². The van der Waals surface area contributed by atoms with Crippen molar-refractivity contribution in [1.82, 2.24) is 0 Å². The monoisotopic (exact) mass is 208 g/mol. The molecule has 0 aliphatic heterocycles. The summed E-state index contributed by atoms with van der Waals surface area (Å²) in [7, 11) is 0. The lowest BCUT2D eigenvalue weighted by molar-refractivity contribution is -0.120. The van der Waals surface area contributed by atoms with Gasteiger partial charge in [0, 0.05) is 17.2 Å². The van der Waals surface area contributed by atoms with Crippen LogP contribution in [0.2, 0.25) is 0 Å². The molecule has 1 heterocycles. The molecule has 76 valence electrons. The Labute approximate surface area is 89.1 Å². The van der Waals surface area contributed by atoms with Crippen molar-refractivity contribution in [3.63, 3.8) is 0 Å². The molecule has 14 heavy (non-hydrogen) atoms. The van der Waals surface area contributed by atoms with Crippen LogP contribution in [0.25, 0.3) is 0 Å². The van der Waals surface area contributed by atoms with Crippen LogP contribution < -0.4 is 0 Å². The van der Waals surface area contributed by atoms with E-state index in [-0.39, 0.29) is 0 Å². The third-order valence-electron chi connectivity index (χ3n) is 3.32. The zero-order valence-electron chi connectivity index (χ0n) is 8.53. The second-order valence-corrected chi connectivity index (χ2v) is 5.20. The van der Waals surface area contributed by atoms with Crippen molar-refractivity contribution in [1.29, 1.82) is 0 Å². The zero-order chi connectivity index (χ0) is 9.97. The normalized spacial score (nSPS) is 27.1. The number of Topliss-reactive ketones (excluding diaryl/α,β-unsaturated/α-hetero) is 1. The van der Waals surface area contributed by atoms with Crippen molar-refractivity contribution in [3.05, 3.63) is 22.4 Å². The molecule has 1 saturated carbocycles. The minimum atomic E-state index is 0.315. The summed E-state index contributed by atoms with van der Waals surface area (Å²) in [5.41, 5.74) is 0. The van der Waals surface area contributed by atoms with Crippen molar-refractivity contribution >= 4 is 17.1 Å². The largest absolute Gasteiger partial charge is 0.299 e. The smallest absolute Gasteiger partial charge is 0.135 e. The van der Waals surface area contributed by atoms with E-state index >= 15 is 0 Å². The summed E-state index contributed by atoms with van der Waals surface area (Å²) in [6, 6.07) is 4.29. The predicted molar refractivity (Wildman–Crippen MR) is 59.5 cm³/mol. The Morgan fingerprint density at radius 2 is 2.43 bits per heavy atom. The fraction of sp³-hybridized carbons (Fsp3) is 0.583. The summed E-state index contributed by atoms with van der Waals surface area (Å²) in [6.07, 6.45) is 4.27. The highest BCUT2D eigenvalue weighted by atomic mass is 32.1. The van der Waals surface area contributed by atoms with Crippen LogP contribution in [0.1, 0.15) is 31.1 Å². The Morgan fingerprint density at radius 3 is 3.00 bits per heavy atom. The fourth-order valence-electron chi connectivity index (χ4n) is 2.25. The first kappa shape index (κ1) is 9.91. The molecule has 2 heteroatoms. The summed E-state index contributed by atoms with van der Waals surface area (Å²) in [4.78, 5) is 12.8. The lowest BCUT2D eigenvalue weighted by atomic mass is 9.92. The Balaban J connectivity index is 1.84. The number of ketones is 1. The van der Waals surface area contributed by atoms with E-state index in [0.29, 0.717) is 17.6 Å². The molecular formula is C12H16OS. The molecule has 1 aromatic heterocycles. The van der Waals surface area contributed by atoms with Crippen LogP contribution in [0.4, 0.5) is 0 Å². The minimum Gasteiger partial charge on any atom is -0.299 e. The van der Waals surface area contributed by atoms with Gasteiger partial charge in [0.2, 0.25) is 0 Å². The number of hydrogen-bond acceptors (Lipinski definition) is 2. The standard InChI is InChI=1S/C12H16OS/c1-9-10(5-7-12(9)13)4-6-11-3-2-8-14-11/h2-3,8-10H,4-7H2,1H3. The summed E-state index contributed by atoms with van der Waals surface area (Å²) in [5, 5.41) is 2.12. The van der Waals surface area contributed by atoms with E-state index < -0.39 is 0 Å². The van der Waals surface area contributed by atoms with Gasteiger partial charge in [0.05, 0.1) is 0 Å². The van der Waals surface area contributed by atoms with Gasteiger partial charge in [-0.3, -0.25) is 4.79 Å². The summed E-state index contributed by atoms with van der Waals surface area (Å²) >= 11 is 1.82. The van der Waals surface area contributed by atoms with Crippen molar-refractivity contribution in [3.8, 4) is 0 Å². The average Bonchev–Trinajstić information content (AvgIpc) is 2.77. The molecule has 2 rings (SSSR count). The van der Waals surface area contributed by atoms with Crippen molar-refractivity contribution in [2.45, 2.75) is 32.6 Å². The van der Waals surface area contributed by atoms with Crippen LogP contribution >= 0.6 is 11.3 Å². The van der Waals surface area contributed by atoms with Crippen LogP contribution in [0.15, 0.2) is 17.5 Å². The molecule has 1 aliphatic carbocycles. The van der Waals surface area contributed by atoms with Gasteiger partial charge in [0.1, 0.15) is 5.78 Å². The van der Waals surface area contributed by atoms with Gasteiger partial charge in [-0.15, -0.1) is 11.3 Å². The number of thiophene rings is 1. The molecule has 2 atom stereocenters. The van der Waals surface area contributed by atoms with E-state index in [9.17, 15) is 4.79 Å². The van der Waals surface area contributed by atoms with Crippen molar-refractivity contribution in [2.75, 3.05) is 0 Å². The first-order valence-corrected chi connectivity index (χ1v) is 6.20. The molecule has 0 saturated heterocycles. The third kappa shape index (κ3) is 2.06. The Morgan fingerprint density at radius 1 is 1.57 bits per heavy atom. The number of carbonyl (C=O) groups excluding carboxylic acids is 1. The van der Waals surface area contributed by atoms with Crippen LogP contribution in [-0.4, -0.2) is 5.78 Å². The highest BCUT2D eigenvalue weighted by molar-refractivity contribution is 7.09. The molecular weight excluding hydrogens is 192 g/mol. The Bertz CT molecular complexity index is 302. The molecule has 1 aliphatic rings. The maximum atomic E-state index is 11.3. The van der Waals surface area contributed by atoms with Crippen LogP contribution in [0, 0.1) is 11.8 Å². The van der Waals surface area contributed by atoms with E-state index in [0.717, 1.165) is 19.3 Å². The predicted octanol–water partition coefficient (Wildman–Crippen LogP) is 3.30. The Hall–Kier alpha value is -0.630. The van der Waals surface area contributed by atoms with Gasteiger partial charge in [-0.2, -0.15) is 0 Å². The lowest BCUT2D eigenvalue weighted by Crippen LogP contribution is -2.10. The first-order valence-electron chi connectivity index (χ1n) is 5.32. The molecule has 0 aromatic carbocycles. The van der Waals surface area contributed by atoms with E-state index in [4.69, 9.17) is 0 Å². The minimum absolute atomic E-state index is 0.315. The topological polar surface area (TPSA) is 17.1 Å². The number of carbonyl (C=O) groups is 1. The molecule has 1 aromatic rings. The van der Waals surface area contributed by atoms with Gasteiger partial charge >= 0.3 is 0 Å². The quantitative estimate of drug-likeness (QED) is 0.745. The van der Waals surface area contributed by atoms with Crippen molar-refractivity contribution < 1.29 is 4.79 Å². The second kappa shape index (κ2) is 4.26. The molecule has 0 radical (unpaired) electrons. The molecule has 1 nitrogen and oxygen atoms in total. The summed E-state index contributed by atoms with van der Waals surface area (Å²) in [5.74, 6) is 1.43. The third-order valence-corrected chi connectivity index (χ3v) is 4.25. The molecule has 0 spiro atoms. The van der Waals surface area contributed by atoms with E-state index in [2.05, 4.69) is 24.4 Å². The molecule has 0 N–H and O–H groups in total. The Kier molecular flexibility index (Phi) is 3.02. The maximum Gasteiger partial charge on any atom is 0.135 e. The zero-order valence-corrected chi connectivity index (χ0v) is 9.35. The number of aryl methyl sites for hydroxylation is 1. The van der Waals surface area contributed by atoms with E-state index in [1.165, 1.54) is 11.3 Å². The van der Waals surface area contributed by atoms with Crippen LogP contribution in [0.3, 0.4) is 0 Å². The summed E-state index contributed by atoms with van der Waals surface area (Å²) in [6.45, 7) is 2.09. The van der Waals surface area contributed by atoms with Crippen LogP contribution in [-0.2, 0) is 11.2 Å². The molecule has 0 bridgehead atoms. The molecule has 2 unspecified atom stereocenters. The molecule has 1 fully saturated rings. The molecule has 0 amide bonds. The average molecular weight is 208 g/mol. The van der Waals surface area contributed by atoms with E-state index in [1.54, 1.807) is 0 Å². The summed E-state index contributed by atoms with van der Waals surface area (Å²) < 4.78 is 0. The lowest BCUT2D eigenvalue weighted by Gasteiger charge is -2.12. The SMILES string of the molecule is CC1C(=O)CCC1CCc1cccs1. The van der Waals surface area contributed by atoms with Gasteiger partial charge in [-0.05, 0) is 36.6 Å². The van der Waals surface area contributed by atoms with E-state index in [1.807, 2.05) is 11.3 Å².